The molecule has 0 saturated carbocycles. The lowest BCUT2D eigenvalue weighted by molar-refractivity contribution is -0.142. The Hall–Kier alpha value is -2.12. The van der Waals surface area contributed by atoms with E-state index in [1.54, 1.807) is 0 Å². The Morgan fingerprint density at radius 1 is 1.42 bits per heavy atom. The molecule has 0 bridgehead atoms. The van der Waals surface area contributed by atoms with Gasteiger partial charge in [0.05, 0.1) is 12.5 Å². The minimum Gasteiger partial charge on any atom is -0.481 e. The van der Waals surface area contributed by atoms with E-state index in [9.17, 15) is 9.59 Å². The summed E-state index contributed by atoms with van der Waals surface area (Å²) in [6, 6.07) is -0.459. The standard InChI is InChI=1S/C11H18N4O4/c1-7(2)3-8(10(16)17)4-12-11(18)13-5-9-14-6-19-15-9/h6-8H,3-5H2,1-2H3,(H,16,17)(H2,12,13,18). The number of nitrogens with one attached hydrogen (secondary N) is 2. The topological polar surface area (TPSA) is 117 Å². The van der Waals surface area contributed by atoms with Gasteiger partial charge in [0.2, 0.25) is 6.39 Å². The molecule has 1 unspecified atom stereocenters. The predicted octanol–water partition coefficient (Wildman–Crippen LogP) is 0.616. The number of carboxylic acid groups (broad SMARTS) is 1. The van der Waals surface area contributed by atoms with Crippen molar-refractivity contribution < 1.29 is 19.2 Å². The molecular weight excluding hydrogens is 252 g/mol. The smallest absolute Gasteiger partial charge is 0.315 e. The number of hydrogen-bond donors (Lipinski definition) is 3. The first-order chi connectivity index (χ1) is 8.99. The molecule has 0 spiro atoms. The summed E-state index contributed by atoms with van der Waals surface area (Å²) in [4.78, 5) is 26.2. The zero-order valence-electron chi connectivity index (χ0n) is 10.9. The molecule has 0 aliphatic carbocycles. The van der Waals surface area contributed by atoms with Crippen molar-refractivity contribution in [3.8, 4) is 0 Å². The van der Waals surface area contributed by atoms with Crippen LogP contribution in [0, 0.1) is 11.8 Å². The number of carboxylic acids is 1. The summed E-state index contributed by atoms with van der Waals surface area (Å²) in [6.07, 6.45) is 1.68. The second-order valence-corrected chi connectivity index (χ2v) is 4.58. The van der Waals surface area contributed by atoms with Crippen LogP contribution in [0.15, 0.2) is 10.9 Å². The van der Waals surface area contributed by atoms with Gasteiger partial charge in [0.25, 0.3) is 0 Å². The van der Waals surface area contributed by atoms with Crippen LogP contribution in [-0.4, -0.2) is 33.8 Å². The number of aliphatic carboxylic acids is 1. The summed E-state index contributed by atoms with van der Waals surface area (Å²) in [7, 11) is 0. The van der Waals surface area contributed by atoms with Gasteiger partial charge >= 0.3 is 12.0 Å². The number of amides is 2. The highest BCUT2D eigenvalue weighted by molar-refractivity contribution is 5.75. The average molecular weight is 270 g/mol. The molecule has 1 rings (SSSR count). The molecule has 0 radical (unpaired) electrons. The van der Waals surface area contributed by atoms with E-state index < -0.39 is 17.9 Å². The molecule has 0 aliphatic heterocycles. The summed E-state index contributed by atoms with van der Waals surface area (Å²) in [6.45, 7) is 4.09. The van der Waals surface area contributed by atoms with Crippen molar-refractivity contribution in [3.63, 3.8) is 0 Å². The van der Waals surface area contributed by atoms with E-state index in [0.717, 1.165) is 6.39 Å². The Morgan fingerprint density at radius 2 is 2.16 bits per heavy atom. The highest BCUT2D eigenvalue weighted by atomic mass is 16.5. The monoisotopic (exact) mass is 270 g/mol. The Morgan fingerprint density at radius 3 is 2.68 bits per heavy atom. The second kappa shape index (κ2) is 7.34. The molecule has 1 aromatic rings. The van der Waals surface area contributed by atoms with Crippen LogP contribution >= 0.6 is 0 Å². The molecule has 2 amide bonds. The van der Waals surface area contributed by atoms with Gasteiger partial charge in [-0.25, -0.2) is 4.79 Å². The molecule has 3 N–H and O–H groups in total. The molecule has 106 valence electrons. The predicted molar refractivity (Wildman–Crippen MR) is 65.1 cm³/mol. The minimum absolute atomic E-state index is 0.0889. The van der Waals surface area contributed by atoms with Gasteiger partial charge in [0.1, 0.15) is 0 Å². The fourth-order valence-electron chi connectivity index (χ4n) is 1.55. The van der Waals surface area contributed by atoms with Gasteiger partial charge in [-0.3, -0.25) is 4.79 Å². The van der Waals surface area contributed by atoms with Gasteiger partial charge in [-0.15, -0.1) is 0 Å². The molecule has 1 atom stereocenters. The highest BCUT2D eigenvalue weighted by Crippen LogP contribution is 2.10. The molecule has 0 fully saturated rings. The number of nitrogens with zero attached hydrogens (tertiary/aromatic N) is 2. The van der Waals surface area contributed by atoms with E-state index in [0.29, 0.717) is 12.2 Å². The Labute approximate surface area is 110 Å². The Balaban J connectivity index is 2.29. The lowest BCUT2D eigenvalue weighted by Gasteiger charge is -2.15. The fourth-order valence-corrected chi connectivity index (χ4v) is 1.55. The Kier molecular flexibility index (Phi) is 5.77. The number of hydrogen-bond acceptors (Lipinski definition) is 5. The molecule has 0 aromatic carbocycles. The largest absolute Gasteiger partial charge is 0.481 e. The molecule has 8 heteroatoms. The number of rotatable bonds is 7. The van der Waals surface area contributed by atoms with E-state index in [1.165, 1.54) is 0 Å². The zero-order chi connectivity index (χ0) is 14.3. The first-order valence-electron chi connectivity index (χ1n) is 5.98. The van der Waals surface area contributed by atoms with Gasteiger partial charge in [-0.1, -0.05) is 19.0 Å². The van der Waals surface area contributed by atoms with E-state index in [1.807, 2.05) is 13.8 Å². The normalized spacial score (nSPS) is 12.2. The van der Waals surface area contributed by atoms with E-state index in [-0.39, 0.29) is 19.0 Å². The van der Waals surface area contributed by atoms with Crippen molar-refractivity contribution >= 4 is 12.0 Å². The van der Waals surface area contributed by atoms with Crippen molar-refractivity contribution in [2.24, 2.45) is 11.8 Å². The molecule has 19 heavy (non-hydrogen) atoms. The van der Waals surface area contributed by atoms with Crippen LogP contribution in [0.2, 0.25) is 0 Å². The van der Waals surface area contributed by atoms with Gasteiger partial charge in [0, 0.05) is 6.54 Å². The first-order valence-corrected chi connectivity index (χ1v) is 5.98. The maximum atomic E-state index is 11.4. The molecule has 8 nitrogen and oxygen atoms in total. The quantitative estimate of drug-likeness (QED) is 0.668. The highest BCUT2D eigenvalue weighted by Gasteiger charge is 2.19. The van der Waals surface area contributed by atoms with Crippen LogP contribution in [0.4, 0.5) is 4.79 Å². The third-order valence-corrected chi connectivity index (χ3v) is 2.43. The summed E-state index contributed by atoms with van der Waals surface area (Å²) in [5, 5.41) is 17.6. The Bertz CT molecular complexity index is 405. The van der Waals surface area contributed by atoms with E-state index in [2.05, 4.69) is 25.3 Å². The number of aromatic nitrogens is 2. The van der Waals surface area contributed by atoms with Crippen molar-refractivity contribution in [1.29, 1.82) is 0 Å². The maximum Gasteiger partial charge on any atom is 0.315 e. The van der Waals surface area contributed by atoms with Crippen molar-refractivity contribution in [1.82, 2.24) is 20.8 Å². The van der Waals surface area contributed by atoms with Gasteiger partial charge < -0.3 is 20.3 Å². The second-order valence-electron chi connectivity index (χ2n) is 4.58. The SMILES string of the molecule is CC(C)CC(CNC(=O)NCc1ncon1)C(=O)O. The van der Waals surface area contributed by atoms with Crippen LogP contribution in [0.5, 0.6) is 0 Å². The van der Waals surface area contributed by atoms with Gasteiger partial charge in [-0.05, 0) is 12.3 Å². The summed E-state index contributed by atoms with van der Waals surface area (Å²) in [5.41, 5.74) is 0. The van der Waals surface area contributed by atoms with Crippen LogP contribution in [0.25, 0.3) is 0 Å². The molecular formula is C11H18N4O4. The van der Waals surface area contributed by atoms with Crippen LogP contribution in [0.1, 0.15) is 26.1 Å². The minimum atomic E-state index is -0.910. The van der Waals surface area contributed by atoms with Crippen molar-refractivity contribution in [2.75, 3.05) is 6.54 Å². The van der Waals surface area contributed by atoms with Crippen LogP contribution in [0.3, 0.4) is 0 Å². The summed E-state index contributed by atoms with van der Waals surface area (Å²) in [5.74, 6) is -0.888. The lowest BCUT2D eigenvalue weighted by Crippen LogP contribution is -2.40. The van der Waals surface area contributed by atoms with E-state index >= 15 is 0 Å². The van der Waals surface area contributed by atoms with E-state index in [4.69, 9.17) is 5.11 Å². The number of carbonyl (C=O) groups excluding carboxylic acids is 1. The van der Waals surface area contributed by atoms with Crippen molar-refractivity contribution in [3.05, 3.63) is 12.2 Å². The molecule has 1 aromatic heterocycles. The first kappa shape index (κ1) is 14.9. The maximum absolute atomic E-state index is 11.4. The summed E-state index contributed by atoms with van der Waals surface area (Å²) < 4.78 is 4.51. The average Bonchev–Trinajstić information content (AvgIpc) is 2.84. The van der Waals surface area contributed by atoms with Crippen molar-refractivity contribution in [2.45, 2.75) is 26.8 Å². The number of carbonyl (C=O) groups is 2. The van der Waals surface area contributed by atoms with Gasteiger partial charge in [0.15, 0.2) is 5.82 Å². The molecule has 1 heterocycles. The van der Waals surface area contributed by atoms with Crippen LogP contribution < -0.4 is 10.6 Å². The lowest BCUT2D eigenvalue weighted by atomic mass is 9.97. The van der Waals surface area contributed by atoms with Crippen LogP contribution in [-0.2, 0) is 11.3 Å². The molecule has 0 saturated heterocycles. The third kappa shape index (κ3) is 5.84. The fraction of sp³-hybridized carbons (Fsp3) is 0.636. The third-order valence-electron chi connectivity index (χ3n) is 2.43. The zero-order valence-corrected chi connectivity index (χ0v) is 10.9. The molecule has 0 aliphatic rings. The van der Waals surface area contributed by atoms with Gasteiger partial charge in [-0.2, -0.15) is 4.98 Å². The summed E-state index contributed by atoms with van der Waals surface area (Å²) >= 11 is 0. The number of urea groups is 1.